The summed E-state index contributed by atoms with van der Waals surface area (Å²) in [5, 5.41) is 0. The Labute approximate surface area is 141 Å². The first kappa shape index (κ1) is 17.7. The third-order valence-electron chi connectivity index (χ3n) is 3.25. The van der Waals surface area contributed by atoms with Gasteiger partial charge in [-0.05, 0) is 42.8 Å². The van der Waals surface area contributed by atoms with Crippen LogP contribution in [-0.2, 0) is 16.1 Å². The SMILES string of the molecule is C/C=C\C(COCc1ccc(OC)cc1)OC(=O)c1ccccn1. The molecular formula is C19H21NO4. The van der Waals surface area contributed by atoms with Crippen molar-refractivity contribution in [1.82, 2.24) is 4.98 Å². The highest BCUT2D eigenvalue weighted by atomic mass is 16.6. The number of carbonyl (C=O) groups excluding carboxylic acids is 1. The maximum atomic E-state index is 12.0. The van der Waals surface area contributed by atoms with Crippen LogP contribution in [0.3, 0.4) is 0 Å². The summed E-state index contributed by atoms with van der Waals surface area (Å²) in [7, 11) is 1.63. The molecule has 1 unspecified atom stereocenters. The zero-order valence-electron chi connectivity index (χ0n) is 13.8. The fraction of sp³-hybridized carbons (Fsp3) is 0.263. The Morgan fingerprint density at radius 3 is 2.62 bits per heavy atom. The molecule has 1 atom stereocenters. The van der Waals surface area contributed by atoms with Crippen molar-refractivity contribution in [2.75, 3.05) is 13.7 Å². The Bertz CT molecular complexity index is 653. The third kappa shape index (κ3) is 5.52. The maximum absolute atomic E-state index is 12.0. The number of carbonyl (C=O) groups is 1. The standard InChI is InChI=1S/C19H21NO4/c1-3-6-17(24-19(21)18-7-4-5-12-20-18)14-23-13-15-8-10-16(22-2)11-9-15/h3-12,17H,13-14H2,1-2H3/b6-3-. The number of pyridine rings is 1. The van der Waals surface area contributed by atoms with Gasteiger partial charge in [-0.2, -0.15) is 0 Å². The lowest BCUT2D eigenvalue weighted by Gasteiger charge is -2.14. The van der Waals surface area contributed by atoms with Crippen molar-refractivity contribution in [3.8, 4) is 5.75 Å². The molecule has 0 spiro atoms. The van der Waals surface area contributed by atoms with Crippen molar-refractivity contribution in [1.29, 1.82) is 0 Å². The van der Waals surface area contributed by atoms with Gasteiger partial charge in [0.25, 0.3) is 0 Å². The van der Waals surface area contributed by atoms with Gasteiger partial charge >= 0.3 is 5.97 Å². The summed E-state index contributed by atoms with van der Waals surface area (Å²) >= 11 is 0. The smallest absolute Gasteiger partial charge is 0.357 e. The van der Waals surface area contributed by atoms with Crippen molar-refractivity contribution in [2.24, 2.45) is 0 Å². The number of ether oxygens (including phenoxy) is 3. The topological polar surface area (TPSA) is 57.7 Å². The van der Waals surface area contributed by atoms with E-state index in [4.69, 9.17) is 14.2 Å². The third-order valence-corrected chi connectivity index (χ3v) is 3.25. The lowest BCUT2D eigenvalue weighted by Crippen LogP contribution is -2.22. The lowest BCUT2D eigenvalue weighted by molar-refractivity contribution is 0.00685. The predicted octanol–water partition coefficient (Wildman–Crippen LogP) is 3.41. The Kier molecular flexibility index (Phi) is 6.98. The molecule has 0 saturated heterocycles. The minimum absolute atomic E-state index is 0.273. The van der Waals surface area contributed by atoms with Gasteiger partial charge in [-0.25, -0.2) is 9.78 Å². The van der Waals surface area contributed by atoms with Crippen LogP contribution in [-0.4, -0.2) is 30.8 Å². The number of rotatable bonds is 8. The summed E-state index contributed by atoms with van der Waals surface area (Å²) < 4.78 is 16.2. The van der Waals surface area contributed by atoms with E-state index in [9.17, 15) is 4.79 Å². The maximum Gasteiger partial charge on any atom is 0.357 e. The van der Waals surface area contributed by atoms with E-state index in [1.165, 1.54) is 0 Å². The highest BCUT2D eigenvalue weighted by Gasteiger charge is 2.14. The number of hydrogen-bond acceptors (Lipinski definition) is 5. The molecular weight excluding hydrogens is 306 g/mol. The molecule has 0 saturated carbocycles. The zero-order chi connectivity index (χ0) is 17.2. The van der Waals surface area contributed by atoms with Gasteiger partial charge in [-0.15, -0.1) is 0 Å². The number of nitrogens with zero attached hydrogens (tertiary/aromatic N) is 1. The van der Waals surface area contributed by atoms with Crippen molar-refractivity contribution < 1.29 is 19.0 Å². The van der Waals surface area contributed by atoms with Gasteiger partial charge < -0.3 is 14.2 Å². The Balaban J connectivity index is 1.85. The van der Waals surface area contributed by atoms with Crippen LogP contribution < -0.4 is 4.74 Å². The molecule has 2 rings (SSSR count). The molecule has 1 aromatic heterocycles. The normalized spacial score (nSPS) is 12.1. The Hall–Kier alpha value is -2.66. The van der Waals surface area contributed by atoms with Crippen LogP contribution in [0.5, 0.6) is 5.75 Å². The van der Waals surface area contributed by atoms with Crippen molar-refractivity contribution in [3.63, 3.8) is 0 Å². The van der Waals surface area contributed by atoms with Gasteiger partial charge in [-0.3, -0.25) is 0 Å². The van der Waals surface area contributed by atoms with E-state index in [-0.39, 0.29) is 12.3 Å². The monoisotopic (exact) mass is 327 g/mol. The van der Waals surface area contributed by atoms with E-state index in [0.717, 1.165) is 11.3 Å². The molecule has 126 valence electrons. The van der Waals surface area contributed by atoms with Crippen LogP contribution >= 0.6 is 0 Å². The molecule has 0 aliphatic carbocycles. The molecule has 0 N–H and O–H groups in total. The number of aromatic nitrogens is 1. The van der Waals surface area contributed by atoms with Crippen LogP contribution in [0.1, 0.15) is 23.0 Å². The number of methoxy groups -OCH3 is 1. The minimum Gasteiger partial charge on any atom is -0.497 e. The highest BCUT2D eigenvalue weighted by Crippen LogP contribution is 2.12. The molecule has 0 amide bonds. The van der Waals surface area contributed by atoms with Gasteiger partial charge in [0, 0.05) is 6.20 Å². The van der Waals surface area contributed by atoms with E-state index in [1.807, 2.05) is 37.3 Å². The second-order valence-electron chi connectivity index (χ2n) is 5.05. The first-order valence-electron chi connectivity index (χ1n) is 7.68. The fourth-order valence-corrected chi connectivity index (χ4v) is 2.04. The number of allylic oxidation sites excluding steroid dienone is 1. The second kappa shape index (κ2) is 9.47. The van der Waals surface area contributed by atoms with Gasteiger partial charge in [-0.1, -0.05) is 24.3 Å². The van der Waals surface area contributed by atoms with Gasteiger partial charge in [0.1, 0.15) is 17.5 Å². The van der Waals surface area contributed by atoms with Gasteiger partial charge in [0.05, 0.1) is 20.3 Å². The molecule has 0 aliphatic rings. The molecule has 0 radical (unpaired) electrons. The van der Waals surface area contributed by atoms with Crippen LogP contribution in [0.4, 0.5) is 0 Å². The summed E-state index contributed by atoms with van der Waals surface area (Å²) in [5.74, 6) is 0.335. The molecule has 1 aromatic carbocycles. The second-order valence-corrected chi connectivity index (χ2v) is 5.05. The average Bonchev–Trinajstić information content (AvgIpc) is 2.63. The molecule has 5 nitrogen and oxygen atoms in total. The van der Waals surface area contributed by atoms with Gasteiger partial charge in [0.15, 0.2) is 0 Å². The summed E-state index contributed by atoms with van der Waals surface area (Å²) in [6.45, 7) is 2.57. The van der Waals surface area contributed by atoms with Crippen LogP contribution in [0.2, 0.25) is 0 Å². The van der Waals surface area contributed by atoms with E-state index < -0.39 is 12.1 Å². The molecule has 0 aliphatic heterocycles. The molecule has 2 aromatic rings. The quantitative estimate of drug-likeness (QED) is 0.549. The fourth-order valence-electron chi connectivity index (χ4n) is 2.04. The van der Waals surface area contributed by atoms with E-state index in [0.29, 0.717) is 6.61 Å². The minimum atomic E-state index is -0.466. The van der Waals surface area contributed by atoms with Crippen molar-refractivity contribution >= 4 is 5.97 Å². The molecule has 0 bridgehead atoms. The predicted molar refractivity (Wildman–Crippen MR) is 90.9 cm³/mol. The van der Waals surface area contributed by atoms with Crippen LogP contribution in [0.25, 0.3) is 0 Å². The van der Waals surface area contributed by atoms with Crippen LogP contribution in [0, 0.1) is 0 Å². The Morgan fingerprint density at radius 2 is 2.00 bits per heavy atom. The van der Waals surface area contributed by atoms with E-state index in [1.54, 1.807) is 37.6 Å². The van der Waals surface area contributed by atoms with E-state index in [2.05, 4.69) is 4.98 Å². The summed E-state index contributed by atoms with van der Waals surface area (Å²) in [6.07, 6.45) is 4.71. The zero-order valence-corrected chi connectivity index (χ0v) is 13.8. The molecule has 5 heteroatoms. The number of benzene rings is 1. The average molecular weight is 327 g/mol. The Morgan fingerprint density at radius 1 is 1.21 bits per heavy atom. The molecule has 0 fully saturated rings. The first-order chi connectivity index (χ1) is 11.7. The summed E-state index contributed by atoms with van der Waals surface area (Å²) in [4.78, 5) is 16.0. The molecule has 24 heavy (non-hydrogen) atoms. The highest BCUT2D eigenvalue weighted by molar-refractivity contribution is 5.87. The summed E-state index contributed by atoms with van der Waals surface area (Å²) in [5.41, 5.74) is 1.30. The lowest BCUT2D eigenvalue weighted by atomic mass is 10.2. The first-order valence-corrected chi connectivity index (χ1v) is 7.68. The van der Waals surface area contributed by atoms with E-state index >= 15 is 0 Å². The van der Waals surface area contributed by atoms with Crippen molar-refractivity contribution in [2.45, 2.75) is 19.6 Å². The summed E-state index contributed by atoms with van der Waals surface area (Å²) in [6, 6.07) is 12.7. The van der Waals surface area contributed by atoms with Crippen LogP contribution in [0.15, 0.2) is 60.8 Å². The number of esters is 1. The van der Waals surface area contributed by atoms with Gasteiger partial charge in [0.2, 0.25) is 0 Å². The largest absolute Gasteiger partial charge is 0.497 e. The number of hydrogen-bond donors (Lipinski definition) is 0. The van der Waals surface area contributed by atoms with Crippen molar-refractivity contribution in [3.05, 3.63) is 72.1 Å². The molecule has 1 heterocycles.